The Labute approximate surface area is 124 Å². The first-order valence-corrected chi connectivity index (χ1v) is 6.41. The minimum Gasteiger partial charge on any atom is -0.478 e. The molecule has 1 amide bonds. The molecule has 1 N–H and O–H groups in total. The molecule has 8 nitrogen and oxygen atoms in total. The molecule has 114 valence electrons. The molecule has 1 aromatic carbocycles. The summed E-state index contributed by atoms with van der Waals surface area (Å²) in [5.74, 6) is -2.22. The number of hydrogen-bond donors (Lipinski definition) is 1. The van der Waals surface area contributed by atoms with E-state index in [4.69, 9.17) is 14.8 Å². The van der Waals surface area contributed by atoms with Crippen LogP contribution in [0.4, 0.5) is 0 Å². The van der Waals surface area contributed by atoms with Crippen molar-refractivity contribution in [3.8, 4) is 6.07 Å². The highest BCUT2D eigenvalue weighted by molar-refractivity contribution is 5.92. The van der Waals surface area contributed by atoms with Crippen molar-refractivity contribution >= 4 is 23.0 Å². The highest BCUT2D eigenvalue weighted by Gasteiger charge is 2.16. The van der Waals surface area contributed by atoms with Crippen molar-refractivity contribution in [3.63, 3.8) is 0 Å². The van der Waals surface area contributed by atoms with E-state index in [1.165, 1.54) is 30.1 Å². The molecule has 2 rings (SSSR count). The first kappa shape index (κ1) is 15.3. The van der Waals surface area contributed by atoms with Crippen molar-refractivity contribution in [1.82, 2.24) is 9.47 Å². The van der Waals surface area contributed by atoms with Crippen LogP contribution in [-0.2, 0) is 11.3 Å². The van der Waals surface area contributed by atoms with Gasteiger partial charge in [0.2, 0.25) is 5.91 Å². The third-order valence-electron chi connectivity index (χ3n) is 3.19. The van der Waals surface area contributed by atoms with Gasteiger partial charge in [0.25, 0.3) is 0 Å². The van der Waals surface area contributed by atoms with E-state index in [1.807, 2.05) is 6.07 Å². The highest BCUT2D eigenvalue weighted by atomic mass is 16.4. The van der Waals surface area contributed by atoms with Crippen LogP contribution in [0.25, 0.3) is 11.1 Å². The Bertz CT molecular complexity index is 827. The van der Waals surface area contributed by atoms with E-state index in [-0.39, 0.29) is 36.6 Å². The highest BCUT2D eigenvalue weighted by Crippen LogP contribution is 2.15. The van der Waals surface area contributed by atoms with Crippen molar-refractivity contribution in [2.45, 2.75) is 13.0 Å². The lowest BCUT2D eigenvalue weighted by molar-refractivity contribution is -0.130. The molecule has 0 aliphatic rings. The van der Waals surface area contributed by atoms with Gasteiger partial charge in [-0.25, -0.2) is 9.59 Å². The molecule has 0 radical (unpaired) electrons. The largest absolute Gasteiger partial charge is 0.478 e. The van der Waals surface area contributed by atoms with Crippen LogP contribution in [-0.4, -0.2) is 40.0 Å². The average molecular weight is 303 g/mol. The lowest BCUT2D eigenvalue weighted by atomic mass is 10.2. The fraction of sp³-hybridized carbons (Fsp3) is 0.286. The predicted molar refractivity (Wildman–Crippen MR) is 75.3 cm³/mol. The van der Waals surface area contributed by atoms with Gasteiger partial charge in [-0.2, -0.15) is 5.26 Å². The number of fused-ring (bicyclic) bond motifs is 1. The molecular weight excluding hydrogens is 290 g/mol. The monoisotopic (exact) mass is 303 g/mol. The smallest absolute Gasteiger partial charge is 0.420 e. The number of hydrogen-bond acceptors (Lipinski definition) is 5. The number of carboxylic acids is 1. The average Bonchev–Trinajstić information content (AvgIpc) is 2.79. The van der Waals surface area contributed by atoms with Crippen LogP contribution in [0.15, 0.2) is 27.4 Å². The maximum absolute atomic E-state index is 12.0. The number of amides is 1. The van der Waals surface area contributed by atoms with E-state index < -0.39 is 11.7 Å². The molecule has 0 saturated carbocycles. The van der Waals surface area contributed by atoms with Crippen LogP contribution in [0, 0.1) is 11.3 Å². The van der Waals surface area contributed by atoms with Crippen molar-refractivity contribution in [3.05, 3.63) is 34.3 Å². The van der Waals surface area contributed by atoms with Crippen LogP contribution in [0.3, 0.4) is 0 Å². The summed E-state index contributed by atoms with van der Waals surface area (Å²) in [5.41, 5.74) is 0.445. The standard InChI is InChI=1S/C14H13N3O5/c1-16(6-2-5-15)12(18)8-17-10-4-3-9(13(19)20)7-11(10)22-14(17)21/h3-4,7H,2,6,8H2,1H3,(H,19,20). The van der Waals surface area contributed by atoms with E-state index in [9.17, 15) is 14.4 Å². The molecule has 0 atom stereocenters. The number of nitriles is 1. The van der Waals surface area contributed by atoms with Gasteiger partial charge in [-0.3, -0.25) is 9.36 Å². The molecule has 0 spiro atoms. The molecule has 0 unspecified atom stereocenters. The molecular formula is C14H13N3O5. The van der Waals surface area contributed by atoms with Crippen molar-refractivity contribution in [1.29, 1.82) is 5.26 Å². The summed E-state index contributed by atoms with van der Waals surface area (Å²) in [6.07, 6.45) is 0.200. The maximum Gasteiger partial charge on any atom is 0.420 e. The first-order valence-electron chi connectivity index (χ1n) is 6.41. The van der Waals surface area contributed by atoms with Crippen LogP contribution >= 0.6 is 0 Å². The van der Waals surface area contributed by atoms with Gasteiger partial charge in [-0.15, -0.1) is 0 Å². The van der Waals surface area contributed by atoms with Crippen molar-refractivity contribution < 1.29 is 19.1 Å². The second-order valence-corrected chi connectivity index (χ2v) is 4.67. The molecule has 0 saturated heterocycles. The number of oxazole rings is 1. The molecule has 0 aliphatic heterocycles. The SMILES string of the molecule is CN(CCC#N)C(=O)Cn1c(=O)oc2cc(C(=O)O)ccc21. The molecule has 22 heavy (non-hydrogen) atoms. The number of benzene rings is 1. The molecule has 0 bridgehead atoms. The zero-order valence-electron chi connectivity index (χ0n) is 11.8. The summed E-state index contributed by atoms with van der Waals surface area (Å²) in [5, 5.41) is 17.4. The van der Waals surface area contributed by atoms with Gasteiger partial charge in [-0.05, 0) is 18.2 Å². The third-order valence-corrected chi connectivity index (χ3v) is 3.19. The van der Waals surface area contributed by atoms with E-state index in [1.54, 1.807) is 0 Å². The second kappa shape index (κ2) is 6.13. The third kappa shape index (κ3) is 2.98. The van der Waals surface area contributed by atoms with Gasteiger partial charge < -0.3 is 14.4 Å². The van der Waals surface area contributed by atoms with Gasteiger partial charge in [0.15, 0.2) is 5.58 Å². The molecule has 8 heteroatoms. The Hall–Kier alpha value is -3.08. The number of carbonyl (C=O) groups excluding carboxylic acids is 1. The molecule has 1 heterocycles. The fourth-order valence-electron chi connectivity index (χ4n) is 1.95. The summed E-state index contributed by atoms with van der Waals surface area (Å²) >= 11 is 0. The van der Waals surface area contributed by atoms with E-state index in [0.717, 1.165) is 4.57 Å². The summed E-state index contributed by atoms with van der Waals surface area (Å²) in [4.78, 5) is 36.1. The van der Waals surface area contributed by atoms with Crippen molar-refractivity contribution in [2.24, 2.45) is 0 Å². The minimum absolute atomic E-state index is 0.00846. The number of aromatic nitrogens is 1. The second-order valence-electron chi connectivity index (χ2n) is 4.67. The van der Waals surface area contributed by atoms with E-state index in [2.05, 4.69) is 0 Å². The number of carbonyl (C=O) groups is 2. The number of rotatable bonds is 5. The quantitative estimate of drug-likeness (QED) is 0.867. The van der Waals surface area contributed by atoms with Crippen LogP contribution < -0.4 is 5.76 Å². The summed E-state index contributed by atoms with van der Waals surface area (Å²) in [6.45, 7) is 0.0310. The maximum atomic E-state index is 12.0. The summed E-state index contributed by atoms with van der Waals surface area (Å²) < 4.78 is 6.10. The molecule has 0 fully saturated rings. The predicted octanol–water partition coefficient (Wildman–Crippen LogP) is 0.665. The lowest BCUT2D eigenvalue weighted by Gasteiger charge is -2.15. The Morgan fingerprint density at radius 3 is 2.82 bits per heavy atom. The minimum atomic E-state index is -1.13. The van der Waals surface area contributed by atoms with Crippen molar-refractivity contribution in [2.75, 3.05) is 13.6 Å². The van der Waals surface area contributed by atoms with Gasteiger partial charge in [-0.1, -0.05) is 0 Å². The zero-order chi connectivity index (χ0) is 16.3. The molecule has 0 aliphatic carbocycles. The lowest BCUT2D eigenvalue weighted by Crippen LogP contribution is -2.33. The van der Waals surface area contributed by atoms with Crippen LogP contribution in [0.5, 0.6) is 0 Å². The van der Waals surface area contributed by atoms with Crippen LogP contribution in [0.2, 0.25) is 0 Å². The Balaban J connectivity index is 2.30. The Kier molecular flexibility index (Phi) is 4.27. The van der Waals surface area contributed by atoms with Gasteiger partial charge in [0.05, 0.1) is 23.6 Å². The number of likely N-dealkylation sites (N-methyl/N-ethyl adjacent to an activating group) is 1. The first-order chi connectivity index (χ1) is 10.4. The number of carboxylic acid groups (broad SMARTS) is 1. The normalized spacial score (nSPS) is 10.4. The van der Waals surface area contributed by atoms with E-state index in [0.29, 0.717) is 5.52 Å². The van der Waals surface area contributed by atoms with Gasteiger partial charge >= 0.3 is 11.7 Å². The van der Waals surface area contributed by atoms with E-state index >= 15 is 0 Å². The Morgan fingerprint density at radius 1 is 1.45 bits per heavy atom. The fourth-order valence-corrected chi connectivity index (χ4v) is 1.95. The van der Waals surface area contributed by atoms with Gasteiger partial charge in [0.1, 0.15) is 6.54 Å². The van der Waals surface area contributed by atoms with Crippen LogP contribution in [0.1, 0.15) is 16.8 Å². The number of nitrogens with zero attached hydrogens (tertiary/aromatic N) is 3. The Morgan fingerprint density at radius 2 is 2.18 bits per heavy atom. The zero-order valence-corrected chi connectivity index (χ0v) is 11.8. The van der Waals surface area contributed by atoms with Gasteiger partial charge in [0, 0.05) is 13.6 Å². The summed E-state index contributed by atoms with van der Waals surface area (Å²) in [6, 6.07) is 5.93. The topological polar surface area (TPSA) is 117 Å². The molecule has 2 aromatic rings. The summed E-state index contributed by atoms with van der Waals surface area (Å²) in [7, 11) is 1.54. The number of aromatic carboxylic acids is 1. The molecule has 1 aromatic heterocycles.